The van der Waals surface area contributed by atoms with E-state index in [-0.39, 0.29) is 18.6 Å². The van der Waals surface area contributed by atoms with Gasteiger partial charge in [-0.1, -0.05) is 12.1 Å². The first kappa shape index (κ1) is 16.3. The number of aromatic nitrogens is 3. The van der Waals surface area contributed by atoms with Gasteiger partial charge in [0.2, 0.25) is 11.8 Å². The fourth-order valence-corrected chi connectivity index (χ4v) is 3.07. The average molecular weight is 354 g/mol. The molecule has 0 radical (unpaired) electrons. The maximum Gasteiger partial charge on any atom is 0.420 e. The number of likely N-dealkylation sites (tertiary alicyclic amines) is 1. The molecule has 0 aliphatic carbocycles. The molecule has 8 heteroatoms. The van der Waals surface area contributed by atoms with E-state index in [1.807, 2.05) is 13.0 Å². The minimum atomic E-state index is -0.526. The van der Waals surface area contributed by atoms with Gasteiger partial charge in [-0.3, -0.25) is 9.36 Å². The lowest BCUT2D eigenvalue weighted by Crippen LogP contribution is -2.35. The Morgan fingerprint density at radius 3 is 2.92 bits per heavy atom. The number of rotatable bonds is 4. The van der Waals surface area contributed by atoms with Crippen molar-refractivity contribution in [2.75, 3.05) is 13.1 Å². The number of hydrogen-bond donors (Lipinski definition) is 0. The second kappa shape index (κ2) is 6.62. The maximum absolute atomic E-state index is 12.6. The van der Waals surface area contributed by atoms with Gasteiger partial charge in [-0.25, -0.2) is 4.79 Å². The zero-order valence-corrected chi connectivity index (χ0v) is 14.3. The first-order valence-corrected chi connectivity index (χ1v) is 8.43. The monoisotopic (exact) mass is 354 g/mol. The topological polar surface area (TPSA) is 90.5 Å². The number of benzene rings is 1. The van der Waals surface area contributed by atoms with Crippen LogP contribution < -0.4 is 10.5 Å². The van der Waals surface area contributed by atoms with Crippen molar-refractivity contribution in [1.82, 2.24) is 19.7 Å². The number of carbonyl (C=O) groups excluding carboxylic acids is 1. The molecule has 2 aromatic heterocycles. The third kappa shape index (κ3) is 3.17. The first-order valence-electron chi connectivity index (χ1n) is 8.43. The lowest BCUT2D eigenvalue weighted by atomic mass is 10.3. The number of oxazole rings is 1. The van der Waals surface area contributed by atoms with Crippen LogP contribution in [0.15, 0.2) is 45.6 Å². The van der Waals surface area contributed by atoms with Crippen LogP contribution >= 0.6 is 0 Å². The molecule has 1 fully saturated rings. The van der Waals surface area contributed by atoms with Crippen molar-refractivity contribution in [3.05, 3.63) is 52.6 Å². The molecule has 3 aromatic rings. The van der Waals surface area contributed by atoms with Crippen LogP contribution in [0.3, 0.4) is 0 Å². The zero-order valence-electron chi connectivity index (χ0n) is 14.3. The quantitative estimate of drug-likeness (QED) is 0.703. The Balaban J connectivity index is 1.42. The van der Waals surface area contributed by atoms with Crippen LogP contribution in [0.4, 0.5) is 0 Å². The number of hydrogen-bond acceptors (Lipinski definition) is 6. The summed E-state index contributed by atoms with van der Waals surface area (Å²) in [6, 6.07) is 10.7. The summed E-state index contributed by atoms with van der Waals surface area (Å²) in [6.45, 7) is 2.84. The molecule has 0 N–H and O–H groups in total. The highest BCUT2D eigenvalue weighted by atomic mass is 16.5. The number of aryl methyl sites for hydroxylation is 1. The SMILES string of the molecule is Cc1ccc(OC2CCN(C(=O)Cn3c(=O)oc4ccccc43)C2)nn1. The predicted molar refractivity (Wildman–Crippen MR) is 92.9 cm³/mol. The summed E-state index contributed by atoms with van der Waals surface area (Å²) in [5, 5.41) is 7.94. The molecule has 1 aliphatic heterocycles. The number of para-hydroxylation sites is 2. The molecule has 1 aromatic carbocycles. The van der Waals surface area contributed by atoms with Gasteiger partial charge >= 0.3 is 5.76 Å². The molecule has 0 bridgehead atoms. The van der Waals surface area contributed by atoms with Crippen LogP contribution in [-0.4, -0.2) is 44.8 Å². The Kier molecular flexibility index (Phi) is 4.16. The largest absolute Gasteiger partial charge is 0.471 e. The highest BCUT2D eigenvalue weighted by Gasteiger charge is 2.28. The molecular weight excluding hydrogens is 336 g/mol. The van der Waals surface area contributed by atoms with Crippen LogP contribution in [0.25, 0.3) is 11.1 Å². The van der Waals surface area contributed by atoms with Crippen LogP contribution in [0.2, 0.25) is 0 Å². The van der Waals surface area contributed by atoms with Gasteiger partial charge in [0.1, 0.15) is 12.6 Å². The van der Waals surface area contributed by atoms with E-state index in [1.165, 1.54) is 4.57 Å². The summed E-state index contributed by atoms with van der Waals surface area (Å²) in [5.41, 5.74) is 1.91. The molecule has 26 heavy (non-hydrogen) atoms. The van der Waals surface area contributed by atoms with Gasteiger partial charge in [0, 0.05) is 19.0 Å². The van der Waals surface area contributed by atoms with Crippen LogP contribution in [0, 0.1) is 6.92 Å². The summed E-state index contributed by atoms with van der Waals surface area (Å²) in [4.78, 5) is 26.3. The maximum atomic E-state index is 12.6. The number of nitrogens with zero attached hydrogens (tertiary/aromatic N) is 4. The molecule has 4 rings (SSSR count). The lowest BCUT2D eigenvalue weighted by Gasteiger charge is -2.17. The Morgan fingerprint density at radius 1 is 1.27 bits per heavy atom. The number of carbonyl (C=O) groups is 1. The van der Waals surface area contributed by atoms with Crippen molar-refractivity contribution >= 4 is 17.0 Å². The Bertz CT molecular complexity index is 992. The molecule has 0 saturated carbocycles. The number of amides is 1. The van der Waals surface area contributed by atoms with E-state index in [0.29, 0.717) is 36.5 Å². The minimum absolute atomic E-state index is 0.0487. The Labute approximate surface area is 149 Å². The van der Waals surface area contributed by atoms with Gasteiger partial charge in [0.15, 0.2) is 5.58 Å². The number of fused-ring (bicyclic) bond motifs is 1. The molecule has 1 saturated heterocycles. The van der Waals surface area contributed by atoms with Gasteiger partial charge in [-0.2, -0.15) is 5.10 Å². The molecular formula is C18H18N4O4. The Hall–Kier alpha value is -3.16. The van der Waals surface area contributed by atoms with Gasteiger partial charge in [-0.15, -0.1) is 5.10 Å². The lowest BCUT2D eigenvalue weighted by molar-refractivity contribution is -0.131. The van der Waals surface area contributed by atoms with E-state index in [2.05, 4.69) is 10.2 Å². The normalized spacial score (nSPS) is 17.0. The molecule has 8 nitrogen and oxygen atoms in total. The molecule has 1 unspecified atom stereocenters. The molecule has 1 aliphatic rings. The van der Waals surface area contributed by atoms with Crippen molar-refractivity contribution in [3.8, 4) is 5.88 Å². The predicted octanol–water partition coefficient (Wildman–Crippen LogP) is 1.37. The van der Waals surface area contributed by atoms with Crippen molar-refractivity contribution in [2.45, 2.75) is 26.0 Å². The fraction of sp³-hybridized carbons (Fsp3) is 0.333. The standard InChI is InChI=1S/C18H18N4O4/c1-12-6-7-16(20-19-12)25-13-8-9-21(10-13)17(23)11-22-14-4-2-3-5-15(14)26-18(22)24/h2-7,13H,8-11H2,1H3. The smallest absolute Gasteiger partial charge is 0.420 e. The fourth-order valence-electron chi connectivity index (χ4n) is 3.07. The van der Waals surface area contributed by atoms with Crippen molar-refractivity contribution in [3.63, 3.8) is 0 Å². The van der Waals surface area contributed by atoms with Crippen LogP contribution in [0.1, 0.15) is 12.1 Å². The van der Waals surface area contributed by atoms with E-state index in [9.17, 15) is 9.59 Å². The summed E-state index contributed by atoms with van der Waals surface area (Å²) in [5.74, 6) is -0.215. The minimum Gasteiger partial charge on any atom is -0.471 e. The van der Waals surface area contributed by atoms with Gasteiger partial charge < -0.3 is 14.1 Å². The average Bonchev–Trinajstić information content (AvgIpc) is 3.22. The first-order chi connectivity index (χ1) is 12.6. The molecule has 134 valence electrons. The third-order valence-corrected chi connectivity index (χ3v) is 4.43. The zero-order chi connectivity index (χ0) is 18.1. The van der Waals surface area contributed by atoms with Gasteiger partial charge in [-0.05, 0) is 25.1 Å². The summed E-state index contributed by atoms with van der Waals surface area (Å²) in [7, 11) is 0. The highest BCUT2D eigenvalue weighted by molar-refractivity contribution is 5.79. The number of ether oxygens (including phenoxy) is 1. The molecule has 0 spiro atoms. The van der Waals surface area contributed by atoms with Gasteiger partial charge in [0.05, 0.1) is 17.8 Å². The van der Waals surface area contributed by atoms with E-state index in [0.717, 1.165) is 5.69 Å². The second-order valence-electron chi connectivity index (χ2n) is 6.30. The van der Waals surface area contributed by atoms with E-state index < -0.39 is 5.76 Å². The summed E-state index contributed by atoms with van der Waals surface area (Å²) < 4.78 is 12.3. The van der Waals surface area contributed by atoms with Crippen molar-refractivity contribution in [2.24, 2.45) is 0 Å². The van der Waals surface area contributed by atoms with Crippen LogP contribution in [0.5, 0.6) is 5.88 Å². The van der Waals surface area contributed by atoms with E-state index >= 15 is 0 Å². The van der Waals surface area contributed by atoms with E-state index in [4.69, 9.17) is 9.15 Å². The molecule has 1 atom stereocenters. The molecule has 3 heterocycles. The Morgan fingerprint density at radius 2 is 2.12 bits per heavy atom. The van der Waals surface area contributed by atoms with Crippen molar-refractivity contribution in [1.29, 1.82) is 0 Å². The second-order valence-corrected chi connectivity index (χ2v) is 6.30. The summed E-state index contributed by atoms with van der Waals surface area (Å²) in [6.07, 6.45) is 0.580. The van der Waals surface area contributed by atoms with Gasteiger partial charge in [0.25, 0.3) is 0 Å². The summed E-state index contributed by atoms with van der Waals surface area (Å²) >= 11 is 0. The van der Waals surface area contributed by atoms with Crippen molar-refractivity contribution < 1.29 is 13.9 Å². The van der Waals surface area contributed by atoms with E-state index in [1.54, 1.807) is 35.2 Å². The van der Waals surface area contributed by atoms with Crippen LogP contribution in [-0.2, 0) is 11.3 Å². The third-order valence-electron chi connectivity index (χ3n) is 4.43. The highest BCUT2D eigenvalue weighted by Crippen LogP contribution is 2.17. The molecule has 1 amide bonds.